The molecule has 7 nitrogen and oxygen atoms in total. The first-order valence-corrected chi connectivity index (χ1v) is 13.7. The van der Waals surface area contributed by atoms with Crippen molar-refractivity contribution >= 4 is 17.6 Å². The van der Waals surface area contributed by atoms with E-state index >= 15 is 0 Å². The van der Waals surface area contributed by atoms with Crippen molar-refractivity contribution in [2.45, 2.75) is 70.1 Å². The Kier molecular flexibility index (Phi) is 6.17. The average Bonchev–Trinajstić information content (AvgIpc) is 3.62. The van der Waals surface area contributed by atoms with Gasteiger partial charge in [0.15, 0.2) is 0 Å². The molecular formula is C32H34N4O3. The molecule has 2 aliphatic rings. The Balaban J connectivity index is 1.36. The van der Waals surface area contributed by atoms with Gasteiger partial charge >= 0.3 is 6.09 Å². The van der Waals surface area contributed by atoms with Crippen LogP contribution in [-0.4, -0.2) is 33.0 Å². The highest BCUT2D eigenvalue weighted by Crippen LogP contribution is 2.42. The van der Waals surface area contributed by atoms with Crippen LogP contribution < -0.4 is 10.6 Å². The summed E-state index contributed by atoms with van der Waals surface area (Å²) >= 11 is 0. The number of aromatic nitrogens is 2. The van der Waals surface area contributed by atoms with E-state index in [1.165, 1.54) is 0 Å². The lowest BCUT2D eigenvalue weighted by atomic mass is 9.71. The largest absolute Gasteiger partial charge is 0.444 e. The summed E-state index contributed by atoms with van der Waals surface area (Å²) in [5.41, 5.74) is 5.26. The van der Waals surface area contributed by atoms with E-state index in [4.69, 9.17) is 9.72 Å². The summed E-state index contributed by atoms with van der Waals surface area (Å²) in [4.78, 5) is 30.4. The summed E-state index contributed by atoms with van der Waals surface area (Å²) in [5, 5.41) is 6.21. The van der Waals surface area contributed by atoms with Gasteiger partial charge in [-0.05, 0) is 70.6 Å². The number of rotatable bonds is 6. The molecule has 0 atom stereocenters. The molecule has 0 aliphatic heterocycles. The minimum absolute atomic E-state index is 0.0544. The molecule has 2 aromatic heterocycles. The van der Waals surface area contributed by atoms with Crippen molar-refractivity contribution in [3.05, 3.63) is 84.1 Å². The Labute approximate surface area is 228 Å². The van der Waals surface area contributed by atoms with Gasteiger partial charge in [-0.15, -0.1) is 0 Å². The molecule has 2 fully saturated rings. The Morgan fingerprint density at radius 2 is 1.67 bits per heavy atom. The van der Waals surface area contributed by atoms with Gasteiger partial charge in [-0.25, -0.2) is 9.78 Å². The van der Waals surface area contributed by atoms with Gasteiger partial charge < -0.3 is 15.4 Å². The minimum atomic E-state index is -0.547. The molecule has 0 saturated heterocycles. The molecular weight excluding hydrogens is 488 g/mol. The number of nitrogens with zero attached hydrogens (tertiary/aromatic N) is 2. The molecule has 0 radical (unpaired) electrons. The summed E-state index contributed by atoms with van der Waals surface area (Å²) in [6.07, 6.45) is 6.39. The van der Waals surface area contributed by atoms with E-state index in [0.717, 1.165) is 65.8 Å². The smallest absolute Gasteiger partial charge is 0.408 e. The zero-order valence-corrected chi connectivity index (χ0v) is 22.7. The number of hydrogen-bond donors (Lipinski definition) is 2. The average molecular weight is 523 g/mol. The highest BCUT2D eigenvalue weighted by atomic mass is 16.6. The van der Waals surface area contributed by atoms with Gasteiger partial charge in [0, 0.05) is 23.4 Å². The summed E-state index contributed by atoms with van der Waals surface area (Å²) in [6, 6.07) is 22.5. The number of nitrogens with one attached hydrogen (secondary N) is 2. The van der Waals surface area contributed by atoms with E-state index < -0.39 is 11.1 Å². The van der Waals surface area contributed by atoms with Gasteiger partial charge in [-0.3, -0.25) is 9.20 Å². The van der Waals surface area contributed by atoms with Crippen molar-refractivity contribution in [2.24, 2.45) is 0 Å². The molecule has 2 heterocycles. The van der Waals surface area contributed by atoms with Gasteiger partial charge in [0.25, 0.3) is 5.91 Å². The van der Waals surface area contributed by atoms with Crippen LogP contribution in [-0.2, 0) is 10.3 Å². The second-order valence-corrected chi connectivity index (χ2v) is 11.7. The number of alkyl carbamates (subject to hydrolysis) is 1. The lowest BCUT2D eigenvalue weighted by Crippen LogP contribution is -2.52. The highest BCUT2D eigenvalue weighted by molar-refractivity contribution is 5.95. The molecule has 2 amide bonds. The first kappa shape index (κ1) is 25.2. The first-order chi connectivity index (χ1) is 18.7. The molecule has 39 heavy (non-hydrogen) atoms. The molecule has 2 saturated carbocycles. The minimum Gasteiger partial charge on any atom is -0.444 e. The quantitative estimate of drug-likeness (QED) is 0.304. The molecule has 0 bridgehead atoms. The molecule has 4 aromatic rings. The Morgan fingerprint density at radius 1 is 0.949 bits per heavy atom. The predicted molar refractivity (Wildman–Crippen MR) is 151 cm³/mol. The fraction of sp³-hybridized carbons (Fsp3) is 0.344. The van der Waals surface area contributed by atoms with Crippen molar-refractivity contribution < 1.29 is 14.3 Å². The third-order valence-electron chi connectivity index (χ3n) is 7.50. The van der Waals surface area contributed by atoms with Crippen LogP contribution in [0.25, 0.3) is 28.2 Å². The summed E-state index contributed by atoms with van der Waals surface area (Å²) in [5.74, 6) is -0.0544. The molecule has 0 unspecified atom stereocenters. The first-order valence-electron chi connectivity index (χ1n) is 13.7. The zero-order chi connectivity index (χ0) is 27.2. The van der Waals surface area contributed by atoms with Crippen LogP contribution in [0.4, 0.5) is 4.79 Å². The standard InChI is InChI=1S/C32H34N4O3/c1-31(2,3)39-30(38)35-32(18-7-19-32)24-13-10-21(11-14-24)27-28(22-8-5-4-6-9-22)36-20-23(12-17-26(36)34-27)29(37)33-25-15-16-25/h4-6,8-14,17,20,25H,7,15-16,18-19H2,1-3H3,(H,33,37)(H,35,38). The van der Waals surface area contributed by atoms with Gasteiger partial charge in [0.2, 0.25) is 0 Å². The normalized spacial score (nSPS) is 16.4. The van der Waals surface area contributed by atoms with Gasteiger partial charge in [-0.1, -0.05) is 54.6 Å². The van der Waals surface area contributed by atoms with Crippen molar-refractivity contribution in [1.82, 2.24) is 20.0 Å². The number of carbonyl (C=O) groups is 2. The van der Waals surface area contributed by atoms with Gasteiger partial charge in [0.05, 0.1) is 22.5 Å². The molecule has 7 heteroatoms. The zero-order valence-electron chi connectivity index (χ0n) is 22.7. The van der Waals surface area contributed by atoms with Crippen molar-refractivity contribution in [1.29, 1.82) is 0 Å². The SMILES string of the molecule is CC(C)(C)OC(=O)NC1(c2ccc(-c3nc4ccc(C(=O)NC5CC5)cn4c3-c3ccccc3)cc2)CCC1. The number of amides is 2. The molecule has 2 N–H and O–H groups in total. The second-order valence-electron chi connectivity index (χ2n) is 11.7. The monoisotopic (exact) mass is 522 g/mol. The van der Waals surface area contributed by atoms with E-state index in [0.29, 0.717) is 11.6 Å². The Bertz CT molecular complexity index is 1530. The van der Waals surface area contributed by atoms with E-state index in [9.17, 15) is 9.59 Å². The third kappa shape index (κ3) is 5.13. The van der Waals surface area contributed by atoms with Crippen molar-refractivity contribution in [3.8, 4) is 22.5 Å². The maximum atomic E-state index is 12.8. The number of pyridine rings is 1. The van der Waals surface area contributed by atoms with Crippen LogP contribution in [0.3, 0.4) is 0 Å². The van der Waals surface area contributed by atoms with Crippen molar-refractivity contribution in [3.63, 3.8) is 0 Å². The summed E-state index contributed by atoms with van der Waals surface area (Å²) in [6.45, 7) is 5.61. The Morgan fingerprint density at radius 3 is 2.28 bits per heavy atom. The van der Waals surface area contributed by atoms with E-state index in [-0.39, 0.29) is 12.0 Å². The maximum absolute atomic E-state index is 12.8. The number of benzene rings is 2. The molecule has 2 aliphatic carbocycles. The number of hydrogen-bond acceptors (Lipinski definition) is 4. The number of ether oxygens (including phenoxy) is 1. The van der Waals surface area contributed by atoms with Crippen LogP contribution in [0.2, 0.25) is 0 Å². The molecule has 0 spiro atoms. The van der Waals surface area contributed by atoms with Crippen LogP contribution in [0.15, 0.2) is 72.9 Å². The van der Waals surface area contributed by atoms with Crippen LogP contribution in [0, 0.1) is 0 Å². The Hall–Kier alpha value is -4.13. The van der Waals surface area contributed by atoms with E-state index in [1.54, 1.807) is 0 Å². The topological polar surface area (TPSA) is 84.7 Å². The summed E-state index contributed by atoms with van der Waals surface area (Å²) < 4.78 is 7.55. The summed E-state index contributed by atoms with van der Waals surface area (Å²) in [7, 11) is 0. The molecule has 2 aromatic carbocycles. The second kappa shape index (κ2) is 9.56. The van der Waals surface area contributed by atoms with Crippen LogP contribution in [0.5, 0.6) is 0 Å². The van der Waals surface area contributed by atoms with Gasteiger partial charge in [0.1, 0.15) is 11.2 Å². The highest BCUT2D eigenvalue weighted by Gasteiger charge is 2.41. The van der Waals surface area contributed by atoms with Crippen LogP contribution >= 0.6 is 0 Å². The lowest BCUT2D eigenvalue weighted by molar-refractivity contribution is 0.0377. The predicted octanol–water partition coefficient (Wildman–Crippen LogP) is 6.46. The third-order valence-corrected chi connectivity index (χ3v) is 7.50. The fourth-order valence-corrected chi connectivity index (χ4v) is 5.21. The van der Waals surface area contributed by atoms with E-state index in [2.05, 4.69) is 47.0 Å². The molecule has 200 valence electrons. The van der Waals surface area contributed by atoms with Crippen LogP contribution in [0.1, 0.15) is 68.8 Å². The number of carbonyl (C=O) groups excluding carboxylic acids is 2. The fourth-order valence-electron chi connectivity index (χ4n) is 5.21. The lowest BCUT2D eigenvalue weighted by Gasteiger charge is -2.43. The maximum Gasteiger partial charge on any atom is 0.408 e. The number of fused-ring (bicyclic) bond motifs is 1. The van der Waals surface area contributed by atoms with E-state index in [1.807, 2.05) is 61.7 Å². The van der Waals surface area contributed by atoms with Crippen molar-refractivity contribution in [2.75, 3.05) is 0 Å². The van der Waals surface area contributed by atoms with Gasteiger partial charge in [-0.2, -0.15) is 0 Å². The number of imidazole rings is 1. The molecule has 6 rings (SSSR count).